The van der Waals surface area contributed by atoms with Gasteiger partial charge in [0.25, 0.3) is 5.91 Å². The fourth-order valence-corrected chi connectivity index (χ4v) is 3.52. The molecule has 0 aliphatic rings. The molecule has 1 N–H and O–H groups in total. The minimum atomic E-state index is -3.57. The predicted molar refractivity (Wildman–Crippen MR) is 105 cm³/mol. The molecule has 7 nitrogen and oxygen atoms in total. The Hall–Kier alpha value is -2.23. The van der Waals surface area contributed by atoms with Gasteiger partial charge in [0, 0.05) is 24.3 Å². The normalized spacial score (nSPS) is 11.3. The Morgan fingerprint density at radius 2 is 1.74 bits per heavy atom. The van der Waals surface area contributed by atoms with Crippen LogP contribution in [-0.4, -0.2) is 45.3 Å². The van der Waals surface area contributed by atoms with Crippen molar-refractivity contribution >= 4 is 43.5 Å². The highest BCUT2D eigenvalue weighted by molar-refractivity contribution is 9.10. The highest BCUT2D eigenvalue weighted by atomic mass is 79.9. The molecule has 0 radical (unpaired) electrons. The average molecular weight is 455 g/mol. The molecule has 2 aromatic carbocycles. The van der Waals surface area contributed by atoms with E-state index in [4.69, 9.17) is 4.74 Å². The first-order chi connectivity index (χ1) is 12.6. The van der Waals surface area contributed by atoms with Gasteiger partial charge < -0.3 is 10.1 Å². The van der Waals surface area contributed by atoms with Crippen LogP contribution >= 0.6 is 15.9 Å². The predicted octanol–water partition coefficient (Wildman–Crippen LogP) is 2.80. The van der Waals surface area contributed by atoms with Gasteiger partial charge in [0.15, 0.2) is 6.61 Å². The quantitative estimate of drug-likeness (QED) is 0.677. The van der Waals surface area contributed by atoms with Crippen molar-refractivity contribution in [1.29, 1.82) is 0 Å². The molecule has 0 atom stereocenters. The van der Waals surface area contributed by atoms with Crippen LogP contribution in [0.5, 0.6) is 0 Å². The van der Waals surface area contributed by atoms with Crippen LogP contribution in [0.3, 0.4) is 0 Å². The number of rotatable bonds is 6. The van der Waals surface area contributed by atoms with Gasteiger partial charge in [0.1, 0.15) is 0 Å². The van der Waals surface area contributed by atoms with E-state index in [1.165, 1.54) is 38.4 Å². The zero-order chi connectivity index (χ0) is 20.2. The van der Waals surface area contributed by atoms with Gasteiger partial charge in [-0.15, -0.1) is 0 Å². The fraction of sp³-hybridized carbons (Fsp3) is 0.222. The van der Waals surface area contributed by atoms with Gasteiger partial charge in [0.05, 0.1) is 10.5 Å². The summed E-state index contributed by atoms with van der Waals surface area (Å²) in [5.41, 5.74) is 1.64. The summed E-state index contributed by atoms with van der Waals surface area (Å²) in [7, 11) is -0.733. The summed E-state index contributed by atoms with van der Waals surface area (Å²) in [4.78, 5) is 24.1. The lowest BCUT2D eigenvalue weighted by molar-refractivity contribution is -0.119. The monoisotopic (exact) mass is 454 g/mol. The molecule has 0 aliphatic carbocycles. The van der Waals surface area contributed by atoms with E-state index in [9.17, 15) is 18.0 Å². The number of hydrogen-bond acceptors (Lipinski definition) is 5. The van der Waals surface area contributed by atoms with Crippen molar-refractivity contribution in [2.45, 2.75) is 11.8 Å². The van der Waals surface area contributed by atoms with E-state index in [-0.39, 0.29) is 10.5 Å². The number of ether oxygens (including phenoxy) is 1. The van der Waals surface area contributed by atoms with Crippen molar-refractivity contribution in [3.05, 3.63) is 58.1 Å². The zero-order valence-corrected chi connectivity index (χ0v) is 17.4. The molecule has 0 saturated heterocycles. The Balaban J connectivity index is 1.96. The SMILES string of the molecule is Cc1cc(Br)ccc1NC(=O)COC(=O)c1ccc(S(=O)(=O)N(C)C)cc1. The summed E-state index contributed by atoms with van der Waals surface area (Å²) in [5.74, 6) is -1.19. The lowest BCUT2D eigenvalue weighted by Gasteiger charge is -2.12. The highest BCUT2D eigenvalue weighted by Crippen LogP contribution is 2.20. The smallest absolute Gasteiger partial charge is 0.338 e. The fourth-order valence-electron chi connectivity index (χ4n) is 2.14. The van der Waals surface area contributed by atoms with Crippen LogP contribution < -0.4 is 5.32 Å². The molecule has 0 aromatic heterocycles. The number of sulfonamides is 1. The van der Waals surface area contributed by atoms with Crippen LogP contribution in [0.15, 0.2) is 51.8 Å². The lowest BCUT2D eigenvalue weighted by Crippen LogP contribution is -2.22. The topological polar surface area (TPSA) is 92.8 Å². The minimum absolute atomic E-state index is 0.0625. The third kappa shape index (κ3) is 5.38. The molecule has 2 rings (SSSR count). The van der Waals surface area contributed by atoms with E-state index in [1.54, 1.807) is 12.1 Å². The molecule has 27 heavy (non-hydrogen) atoms. The Morgan fingerprint density at radius 3 is 2.30 bits per heavy atom. The summed E-state index contributed by atoms with van der Waals surface area (Å²) < 4.78 is 31.0. The highest BCUT2D eigenvalue weighted by Gasteiger charge is 2.18. The third-order valence-electron chi connectivity index (χ3n) is 3.67. The number of nitrogens with one attached hydrogen (secondary N) is 1. The first kappa shape index (κ1) is 21.1. The standard InChI is InChI=1S/C18H19BrN2O5S/c1-12-10-14(19)6-9-16(12)20-17(22)11-26-18(23)13-4-7-15(8-5-13)27(24,25)21(2)3/h4-10H,11H2,1-3H3,(H,20,22). The molecule has 1 amide bonds. The maximum Gasteiger partial charge on any atom is 0.338 e. The summed E-state index contributed by atoms with van der Waals surface area (Å²) >= 11 is 3.34. The van der Waals surface area contributed by atoms with Gasteiger partial charge in [-0.2, -0.15) is 0 Å². The van der Waals surface area contributed by atoms with E-state index in [0.29, 0.717) is 5.69 Å². The van der Waals surface area contributed by atoms with Gasteiger partial charge in [-0.1, -0.05) is 15.9 Å². The molecule has 0 heterocycles. The van der Waals surface area contributed by atoms with E-state index in [1.807, 2.05) is 13.0 Å². The second-order valence-electron chi connectivity index (χ2n) is 5.90. The number of benzene rings is 2. The largest absolute Gasteiger partial charge is 0.452 e. The second kappa shape index (κ2) is 8.64. The van der Waals surface area contributed by atoms with E-state index in [2.05, 4.69) is 21.2 Å². The van der Waals surface area contributed by atoms with Crippen LogP contribution in [-0.2, 0) is 19.6 Å². The molecule has 0 spiro atoms. The maximum absolute atomic E-state index is 12.0. The van der Waals surface area contributed by atoms with Gasteiger partial charge >= 0.3 is 5.97 Å². The summed E-state index contributed by atoms with van der Waals surface area (Å²) in [6.07, 6.45) is 0. The third-order valence-corrected chi connectivity index (χ3v) is 5.99. The first-order valence-corrected chi connectivity index (χ1v) is 10.1. The number of nitrogens with zero attached hydrogens (tertiary/aromatic N) is 1. The number of anilines is 1. The van der Waals surface area contributed by atoms with Crippen molar-refractivity contribution in [2.24, 2.45) is 0 Å². The number of carbonyl (C=O) groups excluding carboxylic acids is 2. The zero-order valence-electron chi connectivity index (χ0n) is 15.0. The van der Waals surface area contributed by atoms with Crippen molar-refractivity contribution in [3.8, 4) is 0 Å². The van der Waals surface area contributed by atoms with Crippen molar-refractivity contribution in [1.82, 2.24) is 4.31 Å². The second-order valence-corrected chi connectivity index (χ2v) is 8.96. The minimum Gasteiger partial charge on any atom is -0.452 e. The first-order valence-electron chi connectivity index (χ1n) is 7.87. The van der Waals surface area contributed by atoms with Crippen LogP contribution in [0.1, 0.15) is 15.9 Å². The molecular formula is C18H19BrN2O5S. The number of halogens is 1. The van der Waals surface area contributed by atoms with Gasteiger partial charge in [-0.05, 0) is 55.0 Å². The summed E-state index contributed by atoms with van der Waals surface area (Å²) in [6, 6.07) is 10.7. The molecule has 0 unspecified atom stereocenters. The maximum atomic E-state index is 12.0. The van der Waals surface area contributed by atoms with Crippen molar-refractivity contribution < 1.29 is 22.7 Å². The van der Waals surface area contributed by atoms with Gasteiger partial charge in [0.2, 0.25) is 10.0 Å². The summed E-state index contributed by atoms with van der Waals surface area (Å²) in [6.45, 7) is 1.39. The molecular weight excluding hydrogens is 436 g/mol. The molecule has 0 saturated carbocycles. The number of hydrogen-bond donors (Lipinski definition) is 1. The molecule has 0 aliphatic heterocycles. The molecule has 144 valence electrons. The Bertz CT molecular complexity index is 956. The Kier molecular flexibility index (Phi) is 6.74. The van der Waals surface area contributed by atoms with E-state index in [0.717, 1.165) is 14.3 Å². The van der Waals surface area contributed by atoms with Gasteiger partial charge in [-0.3, -0.25) is 4.79 Å². The number of aryl methyl sites for hydroxylation is 1. The van der Waals surface area contributed by atoms with E-state index < -0.39 is 28.5 Å². The lowest BCUT2D eigenvalue weighted by atomic mass is 10.2. The molecule has 2 aromatic rings. The molecule has 9 heteroatoms. The van der Waals surface area contributed by atoms with Crippen LogP contribution in [0.25, 0.3) is 0 Å². The van der Waals surface area contributed by atoms with Crippen LogP contribution in [0.4, 0.5) is 5.69 Å². The van der Waals surface area contributed by atoms with Crippen molar-refractivity contribution in [3.63, 3.8) is 0 Å². The number of amides is 1. The number of carbonyl (C=O) groups is 2. The number of esters is 1. The molecule has 0 bridgehead atoms. The van der Waals surface area contributed by atoms with E-state index >= 15 is 0 Å². The van der Waals surface area contributed by atoms with Gasteiger partial charge in [-0.25, -0.2) is 17.5 Å². The van der Waals surface area contributed by atoms with Crippen molar-refractivity contribution in [2.75, 3.05) is 26.0 Å². The molecule has 0 fully saturated rings. The summed E-state index contributed by atoms with van der Waals surface area (Å²) in [5, 5.41) is 2.66. The Morgan fingerprint density at radius 1 is 1.11 bits per heavy atom. The van der Waals surface area contributed by atoms with Crippen LogP contribution in [0, 0.1) is 6.92 Å². The van der Waals surface area contributed by atoms with Crippen LogP contribution in [0.2, 0.25) is 0 Å². The Labute approximate surface area is 166 Å². The average Bonchev–Trinajstić information content (AvgIpc) is 2.62.